The summed E-state index contributed by atoms with van der Waals surface area (Å²) in [6.45, 7) is 0. The maximum Gasteiger partial charge on any atom is 0.155 e. The number of hydrogen-bond donors (Lipinski definition) is 2. The van der Waals surface area contributed by atoms with E-state index in [0.29, 0.717) is 0 Å². The SMILES string of the molecule is O=S1(=O)CC(O)C(N/N=C\c2ccccc2)C1. The number of nitrogens with zero attached hydrogens (tertiary/aromatic N) is 1. The molecule has 0 aliphatic carbocycles. The average molecular weight is 254 g/mol. The minimum atomic E-state index is -3.13. The Morgan fingerprint density at radius 1 is 1.29 bits per heavy atom. The van der Waals surface area contributed by atoms with Crippen LogP contribution in [0.1, 0.15) is 5.56 Å². The van der Waals surface area contributed by atoms with Gasteiger partial charge in [0.25, 0.3) is 0 Å². The van der Waals surface area contributed by atoms with Gasteiger partial charge in [-0.2, -0.15) is 5.10 Å². The highest BCUT2D eigenvalue weighted by Gasteiger charge is 2.36. The van der Waals surface area contributed by atoms with Crippen molar-refractivity contribution in [1.82, 2.24) is 5.43 Å². The highest BCUT2D eigenvalue weighted by Crippen LogP contribution is 2.12. The van der Waals surface area contributed by atoms with Crippen molar-refractivity contribution in [2.75, 3.05) is 11.5 Å². The Bertz CT molecular complexity index is 499. The van der Waals surface area contributed by atoms with E-state index in [1.54, 1.807) is 6.21 Å². The van der Waals surface area contributed by atoms with Crippen molar-refractivity contribution in [1.29, 1.82) is 0 Å². The minimum absolute atomic E-state index is 0.0692. The molecule has 1 aliphatic heterocycles. The molecule has 0 spiro atoms. The van der Waals surface area contributed by atoms with Crippen LogP contribution in [0.4, 0.5) is 0 Å². The van der Waals surface area contributed by atoms with E-state index in [0.717, 1.165) is 5.56 Å². The molecule has 2 N–H and O–H groups in total. The van der Waals surface area contributed by atoms with Crippen LogP contribution in [0.5, 0.6) is 0 Å². The molecular formula is C11H14N2O3S. The molecule has 5 nitrogen and oxygen atoms in total. The van der Waals surface area contributed by atoms with E-state index in [1.165, 1.54) is 0 Å². The second-order valence-corrected chi connectivity index (χ2v) is 6.20. The van der Waals surface area contributed by atoms with Gasteiger partial charge in [0.05, 0.1) is 29.9 Å². The third-order valence-electron chi connectivity index (χ3n) is 2.58. The van der Waals surface area contributed by atoms with Crippen LogP contribution in [0, 0.1) is 0 Å². The predicted molar refractivity (Wildman–Crippen MR) is 65.6 cm³/mol. The normalized spacial score (nSPS) is 27.4. The number of sulfone groups is 1. The monoisotopic (exact) mass is 254 g/mol. The Labute approximate surface area is 100 Å². The average Bonchev–Trinajstić information content (AvgIpc) is 2.53. The zero-order valence-electron chi connectivity index (χ0n) is 9.15. The first-order valence-electron chi connectivity index (χ1n) is 5.29. The Kier molecular flexibility index (Phi) is 3.44. The number of aliphatic hydroxyl groups is 1. The summed E-state index contributed by atoms with van der Waals surface area (Å²) < 4.78 is 22.5. The summed E-state index contributed by atoms with van der Waals surface area (Å²) >= 11 is 0. The topological polar surface area (TPSA) is 78.8 Å². The minimum Gasteiger partial charge on any atom is -0.390 e. The molecule has 0 amide bonds. The molecular weight excluding hydrogens is 240 g/mol. The summed E-state index contributed by atoms with van der Waals surface area (Å²) in [5.74, 6) is -0.258. The van der Waals surface area contributed by atoms with Crippen molar-refractivity contribution in [3.8, 4) is 0 Å². The maximum absolute atomic E-state index is 11.2. The standard InChI is InChI=1S/C11H14N2O3S/c14-11-8-17(15,16)7-10(11)13-12-6-9-4-2-1-3-5-9/h1-6,10-11,13-14H,7-8H2/b12-6-. The zero-order chi connectivity index (χ0) is 12.3. The number of benzene rings is 1. The number of aliphatic hydroxyl groups excluding tert-OH is 1. The first-order chi connectivity index (χ1) is 8.07. The largest absolute Gasteiger partial charge is 0.390 e. The summed E-state index contributed by atoms with van der Waals surface area (Å²) in [5.41, 5.74) is 3.59. The molecule has 0 aromatic heterocycles. The molecule has 6 heteroatoms. The summed E-state index contributed by atoms with van der Waals surface area (Å²) in [6, 6.07) is 8.92. The van der Waals surface area contributed by atoms with Gasteiger partial charge in [-0.05, 0) is 5.56 Å². The van der Waals surface area contributed by atoms with Gasteiger partial charge in [-0.3, -0.25) is 0 Å². The molecule has 1 saturated heterocycles. The van der Waals surface area contributed by atoms with Gasteiger partial charge in [0.15, 0.2) is 9.84 Å². The second kappa shape index (κ2) is 4.85. The number of nitrogens with one attached hydrogen (secondary N) is 1. The van der Waals surface area contributed by atoms with Gasteiger partial charge in [-0.25, -0.2) is 8.42 Å². The van der Waals surface area contributed by atoms with E-state index in [2.05, 4.69) is 10.5 Å². The first-order valence-corrected chi connectivity index (χ1v) is 7.11. The Morgan fingerprint density at radius 3 is 2.59 bits per heavy atom. The zero-order valence-corrected chi connectivity index (χ0v) is 9.97. The van der Waals surface area contributed by atoms with Gasteiger partial charge in [-0.15, -0.1) is 0 Å². The molecule has 0 radical (unpaired) electrons. The molecule has 0 saturated carbocycles. The van der Waals surface area contributed by atoms with E-state index < -0.39 is 22.0 Å². The molecule has 1 aliphatic rings. The molecule has 92 valence electrons. The van der Waals surface area contributed by atoms with E-state index >= 15 is 0 Å². The first kappa shape index (κ1) is 12.1. The van der Waals surface area contributed by atoms with Gasteiger partial charge in [0.1, 0.15) is 0 Å². The van der Waals surface area contributed by atoms with Crippen LogP contribution in [-0.4, -0.2) is 43.4 Å². The van der Waals surface area contributed by atoms with Crippen LogP contribution in [0.2, 0.25) is 0 Å². The van der Waals surface area contributed by atoms with Crippen LogP contribution in [0.25, 0.3) is 0 Å². The Morgan fingerprint density at radius 2 is 2.00 bits per heavy atom. The van der Waals surface area contributed by atoms with Gasteiger partial charge < -0.3 is 10.5 Å². The summed E-state index contributed by atoms with van der Waals surface area (Å²) in [4.78, 5) is 0. The molecule has 0 bridgehead atoms. The van der Waals surface area contributed by atoms with E-state index in [1.807, 2.05) is 30.3 Å². The van der Waals surface area contributed by atoms with Crippen LogP contribution < -0.4 is 5.43 Å². The predicted octanol–water partition coefficient (Wildman–Crippen LogP) is -0.232. The van der Waals surface area contributed by atoms with Crippen LogP contribution in [0.15, 0.2) is 35.4 Å². The molecule has 17 heavy (non-hydrogen) atoms. The molecule has 2 unspecified atom stereocenters. The third-order valence-corrected chi connectivity index (χ3v) is 4.29. The highest BCUT2D eigenvalue weighted by molar-refractivity contribution is 7.91. The van der Waals surface area contributed by atoms with Crippen molar-refractivity contribution >= 4 is 16.1 Å². The van der Waals surface area contributed by atoms with Crippen LogP contribution in [0.3, 0.4) is 0 Å². The van der Waals surface area contributed by atoms with Crippen molar-refractivity contribution in [3.63, 3.8) is 0 Å². The number of rotatable bonds is 3. The number of hydrazone groups is 1. The number of hydrogen-bond acceptors (Lipinski definition) is 5. The molecule has 2 atom stereocenters. The van der Waals surface area contributed by atoms with E-state index in [9.17, 15) is 13.5 Å². The van der Waals surface area contributed by atoms with Crippen molar-refractivity contribution in [2.24, 2.45) is 5.10 Å². The quantitative estimate of drug-likeness (QED) is 0.577. The third kappa shape index (κ3) is 3.28. The summed E-state index contributed by atoms with van der Waals surface area (Å²) in [6.07, 6.45) is 0.713. The van der Waals surface area contributed by atoms with E-state index in [-0.39, 0.29) is 11.5 Å². The fourth-order valence-electron chi connectivity index (χ4n) is 1.70. The lowest BCUT2D eigenvalue weighted by molar-refractivity contribution is 0.167. The summed E-state index contributed by atoms with van der Waals surface area (Å²) in [5, 5.41) is 13.4. The van der Waals surface area contributed by atoms with Crippen molar-refractivity contribution in [2.45, 2.75) is 12.1 Å². The van der Waals surface area contributed by atoms with Gasteiger partial charge in [-0.1, -0.05) is 30.3 Å². The van der Waals surface area contributed by atoms with E-state index in [4.69, 9.17) is 0 Å². The Hall–Kier alpha value is -1.40. The lowest BCUT2D eigenvalue weighted by Crippen LogP contribution is -2.35. The molecule has 1 heterocycles. The van der Waals surface area contributed by atoms with Crippen molar-refractivity contribution in [3.05, 3.63) is 35.9 Å². The lowest BCUT2D eigenvalue weighted by atomic mass is 10.2. The summed E-state index contributed by atoms with van der Waals surface area (Å²) in [7, 11) is -3.13. The Balaban J connectivity index is 1.93. The molecule has 2 rings (SSSR count). The molecule has 1 aromatic rings. The van der Waals surface area contributed by atoms with Gasteiger partial charge in [0.2, 0.25) is 0 Å². The second-order valence-electron chi connectivity index (χ2n) is 4.05. The van der Waals surface area contributed by atoms with Gasteiger partial charge >= 0.3 is 0 Å². The smallest absolute Gasteiger partial charge is 0.155 e. The molecule has 1 aromatic carbocycles. The lowest BCUT2D eigenvalue weighted by Gasteiger charge is -2.11. The maximum atomic E-state index is 11.2. The van der Waals surface area contributed by atoms with Crippen LogP contribution >= 0.6 is 0 Å². The fourth-order valence-corrected chi connectivity index (χ4v) is 3.43. The van der Waals surface area contributed by atoms with Crippen molar-refractivity contribution < 1.29 is 13.5 Å². The highest BCUT2D eigenvalue weighted by atomic mass is 32.2. The fraction of sp³-hybridized carbons (Fsp3) is 0.364. The van der Waals surface area contributed by atoms with Crippen LogP contribution in [-0.2, 0) is 9.84 Å². The van der Waals surface area contributed by atoms with Gasteiger partial charge in [0, 0.05) is 0 Å². The molecule has 1 fully saturated rings.